The van der Waals surface area contributed by atoms with E-state index in [2.05, 4.69) is 9.46 Å². The van der Waals surface area contributed by atoms with Crippen molar-refractivity contribution in [1.82, 2.24) is 4.72 Å². The zero-order valence-electron chi connectivity index (χ0n) is 7.99. The number of aliphatic hydroxyl groups excluding tert-OH is 1. The van der Waals surface area contributed by atoms with Crippen LogP contribution >= 0.6 is 0 Å². The van der Waals surface area contributed by atoms with E-state index in [9.17, 15) is 8.42 Å². The Labute approximate surface area is 79.1 Å². The Hall–Kier alpha value is -0.170. The highest BCUT2D eigenvalue weighted by atomic mass is 32.2. The highest BCUT2D eigenvalue weighted by molar-refractivity contribution is 7.89. The first-order valence-electron chi connectivity index (χ1n) is 4.12. The maximum atomic E-state index is 11.1. The molecule has 0 heterocycles. The van der Waals surface area contributed by atoms with E-state index in [1.54, 1.807) is 6.92 Å². The molecule has 0 rings (SSSR count). The first-order valence-corrected chi connectivity index (χ1v) is 5.77. The van der Waals surface area contributed by atoms with Crippen LogP contribution in [0.1, 0.15) is 13.3 Å². The molecule has 80 valence electrons. The van der Waals surface area contributed by atoms with Crippen molar-refractivity contribution in [2.24, 2.45) is 0 Å². The zero-order chi connectivity index (χ0) is 10.3. The summed E-state index contributed by atoms with van der Waals surface area (Å²) in [7, 11) is -1.78. The van der Waals surface area contributed by atoms with Crippen molar-refractivity contribution in [3.05, 3.63) is 0 Å². The molecule has 0 amide bonds. The molecule has 2 N–H and O–H groups in total. The molecule has 0 radical (unpaired) electrons. The van der Waals surface area contributed by atoms with Crippen LogP contribution in [0.3, 0.4) is 0 Å². The van der Waals surface area contributed by atoms with Crippen molar-refractivity contribution in [3.63, 3.8) is 0 Å². The van der Waals surface area contributed by atoms with Gasteiger partial charge < -0.3 is 9.84 Å². The molecular formula is C7H17NO4S. The average Bonchev–Trinajstić information content (AvgIpc) is 2.00. The number of aliphatic hydroxyl groups is 1. The van der Waals surface area contributed by atoms with Crippen molar-refractivity contribution >= 4 is 10.0 Å². The lowest BCUT2D eigenvalue weighted by molar-refractivity contribution is 0.186. The van der Waals surface area contributed by atoms with E-state index in [1.807, 2.05) is 0 Å². The van der Waals surface area contributed by atoms with Gasteiger partial charge in [-0.1, -0.05) is 0 Å². The molecule has 1 unspecified atom stereocenters. The predicted octanol–water partition coefficient (Wildman–Crippen LogP) is -0.677. The third kappa shape index (κ3) is 8.17. The largest absolute Gasteiger partial charge is 0.393 e. The van der Waals surface area contributed by atoms with Gasteiger partial charge >= 0.3 is 0 Å². The molecule has 0 fully saturated rings. The smallest absolute Gasteiger partial charge is 0.213 e. The summed E-state index contributed by atoms with van der Waals surface area (Å²) in [6, 6.07) is 0. The second kappa shape index (κ2) is 6.31. The topological polar surface area (TPSA) is 75.6 Å². The number of nitrogens with one attached hydrogen (secondary N) is 1. The molecule has 0 bridgehead atoms. The summed E-state index contributed by atoms with van der Waals surface area (Å²) in [4.78, 5) is 0. The molecule has 0 saturated heterocycles. The van der Waals surface area contributed by atoms with Crippen LogP contribution in [0.4, 0.5) is 0 Å². The quantitative estimate of drug-likeness (QED) is 0.585. The standard InChI is InChI=1S/C7H17NO4S/c1-7(9)3-4-8-13(10,11)6-5-12-2/h7-9H,3-6H2,1-2H3. The minimum Gasteiger partial charge on any atom is -0.393 e. The summed E-state index contributed by atoms with van der Waals surface area (Å²) < 4.78 is 29.2. The lowest BCUT2D eigenvalue weighted by atomic mass is 10.3. The molecule has 6 heteroatoms. The number of sulfonamides is 1. The van der Waals surface area contributed by atoms with Crippen molar-refractivity contribution in [2.45, 2.75) is 19.4 Å². The lowest BCUT2D eigenvalue weighted by Crippen LogP contribution is -2.30. The summed E-state index contributed by atoms with van der Waals surface area (Å²) in [5.41, 5.74) is 0. The van der Waals surface area contributed by atoms with Crippen LogP contribution in [-0.4, -0.2) is 45.6 Å². The van der Waals surface area contributed by atoms with E-state index in [-0.39, 0.29) is 18.9 Å². The van der Waals surface area contributed by atoms with Crippen LogP contribution in [0.25, 0.3) is 0 Å². The van der Waals surface area contributed by atoms with E-state index >= 15 is 0 Å². The Kier molecular flexibility index (Phi) is 6.23. The van der Waals surface area contributed by atoms with Crippen LogP contribution < -0.4 is 4.72 Å². The van der Waals surface area contributed by atoms with Crippen LogP contribution in [0, 0.1) is 0 Å². The number of hydrogen-bond donors (Lipinski definition) is 2. The fraction of sp³-hybridized carbons (Fsp3) is 1.00. The van der Waals surface area contributed by atoms with E-state index in [0.29, 0.717) is 6.42 Å². The van der Waals surface area contributed by atoms with Gasteiger partial charge in [0.1, 0.15) is 0 Å². The molecule has 13 heavy (non-hydrogen) atoms. The summed E-state index contributed by atoms with van der Waals surface area (Å²) in [5.74, 6) is -0.0384. The predicted molar refractivity (Wildman–Crippen MR) is 50.0 cm³/mol. The number of rotatable bonds is 7. The van der Waals surface area contributed by atoms with Gasteiger partial charge in [0.15, 0.2) is 0 Å². The highest BCUT2D eigenvalue weighted by Crippen LogP contribution is 1.89. The van der Waals surface area contributed by atoms with E-state index in [0.717, 1.165) is 0 Å². The Morgan fingerprint density at radius 2 is 2.15 bits per heavy atom. The maximum Gasteiger partial charge on any atom is 0.213 e. The van der Waals surface area contributed by atoms with Crippen molar-refractivity contribution < 1.29 is 18.3 Å². The third-order valence-corrected chi connectivity index (χ3v) is 2.79. The summed E-state index contributed by atoms with van der Waals surface area (Å²) in [5, 5.41) is 8.87. The van der Waals surface area contributed by atoms with Crippen molar-refractivity contribution in [2.75, 3.05) is 26.0 Å². The first kappa shape index (κ1) is 12.8. The molecule has 0 aliphatic heterocycles. The fourth-order valence-electron chi connectivity index (χ4n) is 0.689. The van der Waals surface area contributed by atoms with E-state index in [1.165, 1.54) is 7.11 Å². The van der Waals surface area contributed by atoms with Gasteiger partial charge in [-0.25, -0.2) is 13.1 Å². The lowest BCUT2D eigenvalue weighted by Gasteiger charge is -2.06. The fourth-order valence-corrected chi connectivity index (χ4v) is 1.65. The van der Waals surface area contributed by atoms with Gasteiger partial charge in [0.2, 0.25) is 10.0 Å². The molecule has 0 spiro atoms. The molecule has 0 aromatic carbocycles. The van der Waals surface area contributed by atoms with Gasteiger partial charge in [0.25, 0.3) is 0 Å². The van der Waals surface area contributed by atoms with Gasteiger partial charge in [0.05, 0.1) is 18.5 Å². The van der Waals surface area contributed by atoms with Gasteiger partial charge in [-0.05, 0) is 13.3 Å². The van der Waals surface area contributed by atoms with Crippen molar-refractivity contribution in [1.29, 1.82) is 0 Å². The number of hydrogen-bond acceptors (Lipinski definition) is 4. The maximum absolute atomic E-state index is 11.1. The minimum atomic E-state index is -3.23. The molecule has 0 aromatic rings. The normalized spacial score (nSPS) is 14.4. The molecule has 0 saturated carbocycles. The van der Waals surface area contributed by atoms with E-state index < -0.39 is 16.1 Å². The first-order chi connectivity index (χ1) is 5.98. The van der Waals surface area contributed by atoms with Crippen LogP contribution in [-0.2, 0) is 14.8 Å². The highest BCUT2D eigenvalue weighted by Gasteiger charge is 2.08. The molecule has 0 aliphatic carbocycles. The number of ether oxygens (including phenoxy) is 1. The van der Waals surface area contributed by atoms with Gasteiger partial charge in [-0.15, -0.1) is 0 Å². The van der Waals surface area contributed by atoms with Crippen LogP contribution in [0.2, 0.25) is 0 Å². The summed E-state index contributed by atoms with van der Waals surface area (Å²) >= 11 is 0. The van der Waals surface area contributed by atoms with Crippen molar-refractivity contribution in [3.8, 4) is 0 Å². The zero-order valence-corrected chi connectivity index (χ0v) is 8.80. The molecular weight excluding hydrogens is 194 g/mol. The monoisotopic (exact) mass is 211 g/mol. The van der Waals surface area contributed by atoms with Crippen LogP contribution in [0.5, 0.6) is 0 Å². The second-order valence-corrected chi connectivity index (χ2v) is 4.77. The summed E-state index contributed by atoms with van der Waals surface area (Å²) in [6.07, 6.45) is -0.0585. The second-order valence-electron chi connectivity index (χ2n) is 2.84. The molecule has 1 atom stereocenters. The minimum absolute atomic E-state index is 0.0384. The number of methoxy groups -OCH3 is 1. The SMILES string of the molecule is COCCS(=O)(=O)NCCC(C)O. The average molecular weight is 211 g/mol. The molecule has 0 aliphatic rings. The van der Waals surface area contributed by atoms with Crippen LogP contribution in [0.15, 0.2) is 0 Å². The third-order valence-electron chi connectivity index (χ3n) is 1.44. The van der Waals surface area contributed by atoms with Gasteiger partial charge in [0, 0.05) is 13.7 Å². The summed E-state index contributed by atoms with van der Waals surface area (Å²) in [6.45, 7) is 2.07. The Morgan fingerprint density at radius 1 is 1.54 bits per heavy atom. The Bertz CT molecular complexity index is 213. The van der Waals surface area contributed by atoms with E-state index in [4.69, 9.17) is 5.11 Å². The Morgan fingerprint density at radius 3 is 2.62 bits per heavy atom. The van der Waals surface area contributed by atoms with Gasteiger partial charge in [-0.3, -0.25) is 0 Å². The molecule has 0 aromatic heterocycles. The Balaban J connectivity index is 3.64. The molecule has 5 nitrogen and oxygen atoms in total. The van der Waals surface area contributed by atoms with Gasteiger partial charge in [-0.2, -0.15) is 0 Å².